The van der Waals surface area contributed by atoms with Gasteiger partial charge in [0.2, 0.25) is 0 Å². The number of carboxylic acid groups (broad SMARTS) is 1. The van der Waals surface area contributed by atoms with Gasteiger partial charge in [0.1, 0.15) is 5.78 Å². The molecule has 0 aromatic heterocycles. The fourth-order valence-electron chi connectivity index (χ4n) is 1.96. The Kier molecular flexibility index (Phi) is 15.1. The number of alkyl halides is 3. The SMILES string of the molecule is NCCCC(=O)CCOCCOCCOCCN1C(=O)C=CC1=O.O=C(O)C(F)(F)F. The average molecular weight is 456 g/mol. The molecule has 0 radical (unpaired) electrons. The van der Waals surface area contributed by atoms with E-state index in [1.54, 1.807) is 0 Å². The van der Waals surface area contributed by atoms with Gasteiger partial charge in [-0.1, -0.05) is 0 Å². The van der Waals surface area contributed by atoms with E-state index in [1.807, 2.05) is 0 Å². The Labute approximate surface area is 177 Å². The number of imide groups is 1. The number of halogens is 3. The van der Waals surface area contributed by atoms with Gasteiger partial charge in [-0.05, 0) is 13.0 Å². The fraction of sp³-hybridized carbons (Fsp3) is 0.667. The molecule has 0 bridgehead atoms. The molecule has 1 rings (SSSR count). The second-order valence-corrected chi connectivity index (χ2v) is 5.98. The van der Waals surface area contributed by atoms with E-state index in [9.17, 15) is 27.6 Å². The minimum absolute atomic E-state index is 0.167. The summed E-state index contributed by atoms with van der Waals surface area (Å²) in [4.78, 5) is 43.9. The van der Waals surface area contributed by atoms with E-state index in [0.717, 1.165) is 11.3 Å². The van der Waals surface area contributed by atoms with Crippen molar-refractivity contribution in [1.82, 2.24) is 4.90 Å². The number of amides is 2. The van der Waals surface area contributed by atoms with Crippen molar-refractivity contribution in [1.29, 1.82) is 0 Å². The topological polar surface area (TPSA) is 145 Å². The van der Waals surface area contributed by atoms with E-state index in [1.165, 1.54) is 12.2 Å². The molecule has 10 nitrogen and oxygen atoms in total. The number of carbonyl (C=O) groups excluding carboxylic acids is 3. The van der Waals surface area contributed by atoms with Crippen LogP contribution in [0.5, 0.6) is 0 Å². The Morgan fingerprint density at radius 2 is 1.35 bits per heavy atom. The maximum atomic E-state index is 11.3. The van der Waals surface area contributed by atoms with Crippen LogP contribution in [0, 0.1) is 0 Å². The molecule has 3 N–H and O–H groups in total. The lowest BCUT2D eigenvalue weighted by atomic mass is 10.2. The second-order valence-electron chi connectivity index (χ2n) is 5.98. The number of nitrogens with two attached hydrogens (primary N) is 1. The van der Waals surface area contributed by atoms with Gasteiger partial charge in [-0.25, -0.2) is 4.79 Å². The maximum Gasteiger partial charge on any atom is 0.490 e. The number of ketones is 1. The van der Waals surface area contributed by atoms with E-state index < -0.39 is 12.1 Å². The van der Waals surface area contributed by atoms with E-state index in [2.05, 4.69) is 0 Å². The first-order valence-electron chi connectivity index (χ1n) is 9.38. The maximum absolute atomic E-state index is 11.3. The van der Waals surface area contributed by atoms with Crippen LogP contribution in [0.2, 0.25) is 0 Å². The summed E-state index contributed by atoms with van der Waals surface area (Å²) in [6.45, 7) is 3.08. The highest BCUT2D eigenvalue weighted by Crippen LogP contribution is 2.13. The van der Waals surface area contributed by atoms with Crippen LogP contribution >= 0.6 is 0 Å². The predicted molar refractivity (Wildman–Crippen MR) is 99.9 cm³/mol. The van der Waals surface area contributed by atoms with Crippen molar-refractivity contribution < 1.29 is 51.7 Å². The number of hydrogen-bond acceptors (Lipinski definition) is 8. The van der Waals surface area contributed by atoms with E-state index >= 15 is 0 Å². The Morgan fingerprint density at radius 1 is 0.903 bits per heavy atom. The first-order chi connectivity index (χ1) is 14.6. The zero-order valence-corrected chi connectivity index (χ0v) is 16.9. The van der Waals surface area contributed by atoms with Gasteiger partial charge in [0.15, 0.2) is 0 Å². The highest BCUT2D eigenvalue weighted by atomic mass is 19.4. The zero-order valence-electron chi connectivity index (χ0n) is 16.9. The van der Waals surface area contributed by atoms with Crippen molar-refractivity contribution in [2.45, 2.75) is 25.4 Å². The van der Waals surface area contributed by atoms with Crippen molar-refractivity contribution in [2.24, 2.45) is 5.73 Å². The molecule has 1 heterocycles. The predicted octanol–water partition coefficient (Wildman–Crippen LogP) is 0.293. The minimum atomic E-state index is -5.08. The highest BCUT2D eigenvalue weighted by molar-refractivity contribution is 6.12. The molecule has 0 atom stereocenters. The number of ether oxygens (including phenoxy) is 3. The van der Waals surface area contributed by atoms with Crippen LogP contribution in [0.3, 0.4) is 0 Å². The number of rotatable bonds is 15. The summed E-state index contributed by atoms with van der Waals surface area (Å²) >= 11 is 0. The van der Waals surface area contributed by atoms with Crippen LogP contribution in [0.15, 0.2) is 12.2 Å². The summed E-state index contributed by atoms with van der Waals surface area (Å²) in [5.41, 5.74) is 5.33. The molecule has 178 valence electrons. The molecule has 2 amide bonds. The lowest BCUT2D eigenvalue weighted by Gasteiger charge is -2.13. The summed E-state index contributed by atoms with van der Waals surface area (Å²) in [5.74, 6) is -3.20. The van der Waals surface area contributed by atoms with Gasteiger partial charge in [-0.2, -0.15) is 13.2 Å². The summed E-state index contributed by atoms with van der Waals surface area (Å²) in [5, 5.41) is 7.12. The molecule has 0 saturated heterocycles. The second kappa shape index (κ2) is 16.4. The smallest absolute Gasteiger partial charge is 0.475 e. The summed E-state index contributed by atoms with van der Waals surface area (Å²) < 4.78 is 47.6. The van der Waals surface area contributed by atoms with Gasteiger partial charge in [0.25, 0.3) is 11.8 Å². The number of aliphatic carboxylic acids is 1. The molecule has 13 heteroatoms. The van der Waals surface area contributed by atoms with Crippen molar-refractivity contribution in [3.63, 3.8) is 0 Å². The Hall–Kier alpha value is -2.35. The monoisotopic (exact) mass is 456 g/mol. The molecule has 0 aromatic rings. The van der Waals surface area contributed by atoms with Gasteiger partial charge in [-0.3, -0.25) is 19.3 Å². The van der Waals surface area contributed by atoms with Crippen molar-refractivity contribution in [3.05, 3.63) is 12.2 Å². The van der Waals surface area contributed by atoms with Crippen LogP contribution in [-0.4, -0.2) is 92.5 Å². The van der Waals surface area contributed by atoms with Crippen molar-refractivity contribution in [3.8, 4) is 0 Å². The lowest BCUT2D eigenvalue weighted by molar-refractivity contribution is -0.192. The van der Waals surface area contributed by atoms with Crippen molar-refractivity contribution in [2.75, 3.05) is 52.7 Å². The third-order valence-electron chi connectivity index (χ3n) is 3.53. The number of carbonyl (C=O) groups is 4. The standard InChI is InChI=1S/C16H26N2O6.C2HF3O2/c17-6-1-2-14(19)5-8-22-10-12-24-13-11-23-9-7-18-15(20)3-4-16(18)21;3-2(4,5)1(6)7/h3-4H,1-2,5-13,17H2;(H,6,7). The third kappa shape index (κ3) is 15.2. The molecule has 0 saturated carbocycles. The van der Waals surface area contributed by atoms with Crippen LogP contribution in [0.1, 0.15) is 19.3 Å². The van der Waals surface area contributed by atoms with Crippen molar-refractivity contribution >= 4 is 23.6 Å². The third-order valence-corrected chi connectivity index (χ3v) is 3.53. The molecule has 0 unspecified atom stereocenters. The zero-order chi connectivity index (χ0) is 23.7. The molecule has 31 heavy (non-hydrogen) atoms. The van der Waals surface area contributed by atoms with E-state index in [-0.39, 0.29) is 30.7 Å². The van der Waals surface area contributed by atoms with Crippen LogP contribution in [-0.2, 0) is 33.4 Å². The number of Topliss-reactive ketones (excluding diaryl/α,β-unsaturated/α-hetero) is 1. The molecule has 0 spiro atoms. The van der Waals surface area contributed by atoms with Gasteiger partial charge < -0.3 is 25.1 Å². The fourth-order valence-corrected chi connectivity index (χ4v) is 1.96. The van der Waals surface area contributed by atoms with Gasteiger partial charge in [-0.15, -0.1) is 0 Å². The first-order valence-corrected chi connectivity index (χ1v) is 9.38. The lowest BCUT2D eigenvalue weighted by Crippen LogP contribution is -2.33. The Bertz CT molecular complexity index is 593. The molecular formula is C18H27F3N2O8. The molecule has 0 aliphatic carbocycles. The molecule has 0 aromatic carbocycles. The van der Waals surface area contributed by atoms with E-state index in [4.69, 9.17) is 29.8 Å². The highest BCUT2D eigenvalue weighted by Gasteiger charge is 2.38. The molecule has 1 aliphatic heterocycles. The molecule has 0 fully saturated rings. The van der Waals surface area contributed by atoms with Gasteiger partial charge in [0.05, 0.1) is 46.2 Å². The van der Waals surface area contributed by atoms with Gasteiger partial charge in [0, 0.05) is 25.0 Å². The van der Waals surface area contributed by atoms with E-state index in [0.29, 0.717) is 52.4 Å². The number of hydrogen-bond donors (Lipinski definition) is 2. The quantitative estimate of drug-likeness (QED) is 0.262. The van der Waals surface area contributed by atoms with Crippen LogP contribution in [0.4, 0.5) is 13.2 Å². The van der Waals surface area contributed by atoms with Crippen LogP contribution < -0.4 is 5.73 Å². The summed E-state index contributed by atoms with van der Waals surface area (Å²) in [6, 6.07) is 0. The molecular weight excluding hydrogens is 429 g/mol. The van der Waals surface area contributed by atoms with Crippen LogP contribution in [0.25, 0.3) is 0 Å². The molecule has 1 aliphatic rings. The Morgan fingerprint density at radius 3 is 1.81 bits per heavy atom. The number of nitrogens with zero attached hydrogens (tertiary/aromatic N) is 1. The Balaban J connectivity index is 0.00000110. The first kappa shape index (κ1) is 28.6. The summed E-state index contributed by atoms with van der Waals surface area (Å²) in [7, 11) is 0. The normalized spacial score (nSPS) is 13.4. The van der Waals surface area contributed by atoms with Gasteiger partial charge >= 0.3 is 12.1 Å². The largest absolute Gasteiger partial charge is 0.490 e. The minimum Gasteiger partial charge on any atom is -0.475 e. The summed E-state index contributed by atoms with van der Waals surface area (Å²) in [6.07, 6.45) is -0.947. The average Bonchev–Trinajstić information content (AvgIpc) is 3.02. The number of carboxylic acids is 1.